The number of H-pyrrole nitrogens is 1. The highest BCUT2D eigenvalue weighted by Gasteiger charge is 2.31. The summed E-state index contributed by atoms with van der Waals surface area (Å²) < 4.78 is 14.4. The van der Waals surface area contributed by atoms with Crippen LogP contribution in [0.4, 0.5) is 4.39 Å². The molecule has 2 aliphatic rings. The molecule has 5 rings (SSSR count). The Labute approximate surface area is 175 Å². The van der Waals surface area contributed by atoms with Crippen LogP contribution < -0.4 is 0 Å². The Balaban J connectivity index is 1.51. The first kappa shape index (κ1) is 19.3. The number of aromatic nitrogens is 1. The van der Waals surface area contributed by atoms with Gasteiger partial charge in [-0.15, -0.1) is 0 Å². The predicted molar refractivity (Wildman–Crippen MR) is 115 cm³/mol. The van der Waals surface area contributed by atoms with Crippen LogP contribution >= 0.6 is 0 Å². The number of nitrogens with zero attached hydrogens (tertiary/aromatic N) is 1. The molecule has 2 heterocycles. The van der Waals surface area contributed by atoms with Crippen molar-refractivity contribution in [2.75, 3.05) is 6.54 Å². The third kappa shape index (κ3) is 3.41. The molecule has 156 valence electrons. The normalized spacial score (nSPS) is 20.0. The topological polar surface area (TPSA) is 56.3 Å². The molecule has 1 aromatic heterocycles. The van der Waals surface area contributed by atoms with Gasteiger partial charge < -0.3 is 10.1 Å². The lowest BCUT2D eigenvalue weighted by Crippen LogP contribution is -2.33. The van der Waals surface area contributed by atoms with Gasteiger partial charge in [-0.05, 0) is 85.5 Å². The van der Waals surface area contributed by atoms with Gasteiger partial charge in [0.2, 0.25) is 0 Å². The number of fused-ring (bicyclic) bond motifs is 1. The van der Waals surface area contributed by atoms with Crippen LogP contribution in [0.2, 0.25) is 0 Å². The number of halogens is 1. The molecule has 0 amide bonds. The lowest BCUT2D eigenvalue weighted by Gasteiger charge is -2.37. The van der Waals surface area contributed by atoms with Gasteiger partial charge in [0, 0.05) is 29.7 Å². The average Bonchev–Trinajstić information content (AvgIpc) is 3.45. The number of carbonyl (C=O) groups is 1. The van der Waals surface area contributed by atoms with Crippen molar-refractivity contribution >= 4 is 16.9 Å². The minimum absolute atomic E-state index is 0.110. The number of piperidine rings is 1. The van der Waals surface area contributed by atoms with Gasteiger partial charge >= 0.3 is 5.97 Å². The van der Waals surface area contributed by atoms with E-state index in [-0.39, 0.29) is 11.6 Å². The van der Waals surface area contributed by atoms with Gasteiger partial charge in [-0.25, -0.2) is 9.18 Å². The predicted octanol–water partition coefficient (Wildman–Crippen LogP) is 5.92. The number of aromatic carboxylic acids is 1. The number of carboxylic acids is 1. The van der Waals surface area contributed by atoms with Crippen molar-refractivity contribution in [3.8, 4) is 0 Å². The van der Waals surface area contributed by atoms with E-state index in [1.807, 2.05) is 6.20 Å². The van der Waals surface area contributed by atoms with Crippen LogP contribution in [0.1, 0.15) is 76.7 Å². The van der Waals surface area contributed by atoms with Gasteiger partial charge in [0.15, 0.2) is 0 Å². The van der Waals surface area contributed by atoms with Crippen LogP contribution in [0.15, 0.2) is 36.5 Å². The van der Waals surface area contributed by atoms with Gasteiger partial charge in [-0.1, -0.05) is 18.6 Å². The molecule has 1 atom stereocenters. The van der Waals surface area contributed by atoms with E-state index in [0.29, 0.717) is 5.92 Å². The summed E-state index contributed by atoms with van der Waals surface area (Å²) in [6.07, 6.45) is 7.74. The Morgan fingerprint density at radius 2 is 2.03 bits per heavy atom. The van der Waals surface area contributed by atoms with Gasteiger partial charge in [-0.2, -0.15) is 0 Å². The summed E-state index contributed by atoms with van der Waals surface area (Å²) in [7, 11) is 0. The standard InChI is InChI=1S/C25H27FN2O2/c1-15-12-20(16-5-6-16)21(18-9-10-27-24(15)18)14-28-11-3-2-4-23(28)17-7-8-19(25(29)30)22(26)13-17/h7-10,12-13,16,23,27H,2-6,11,14H2,1H3,(H,29,30)/t23-/m0/s1. The molecule has 5 heteroatoms. The maximum atomic E-state index is 14.4. The highest BCUT2D eigenvalue weighted by atomic mass is 19.1. The van der Waals surface area contributed by atoms with Crippen molar-refractivity contribution in [1.29, 1.82) is 0 Å². The number of hydrogen-bond donors (Lipinski definition) is 2. The fourth-order valence-corrected chi connectivity index (χ4v) is 5.10. The SMILES string of the molecule is Cc1cc(C2CC2)c(CN2CCCC[C@H]2c2ccc(C(=O)O)c(F)c2)c2cc[nH]c12. The molecule has 2 fully saturated rings. The van der Waals surface area contributed by atoms with Crippen LogP contribution in [0, 0.1) is 12.7 Å². The fraction of sp³-hybridized carbons (Fsp3) is 0.400. The van der Waals surface area contributed by atoms with E-state index in [9.17, 15) is 9.18 Å². The first-order valence-corrected chi connectivity index (χ1v) is 10.9. The molecular formula is C25H27FN2O2. The van der Waals surface area contributed by atoms with Gasteiger partial charge in [0.1, 0.15) is 5.82 Å². The number of rotatable bonds is 5. The highest BCUT2D eigenvalue weighted by Crippen LogP contribution is 2.45. The Morgan fingerprint density at radius 1 is 1.20 bits per heavy atom. The molecule has 0 bridgehead atoms. The first-order chi connectivity index (χ1) is 14.5. The summed E-state index contributed by atoms with van der Waals surface area (Å²) in [6.45, 7) is 3.98. The summed E-state index contributed by atoms with van der Waals surface area (Å²) in [5.41, 5.74) is 5.99. The molecule has 30 heavy (non-hydrogen) atoms. The van der Waals surface area contributed by atoms with Crippen molar-refractivity contribution in [2.24, 2.45) is 0 Å². The van der Waals surface area contributed by atoms with Crippen molar-refractivity contribution in [2.45, 2.75) is 57.5 Å². The number of benzene rings is 2. The molecule has 2 aromatic carbocycles. The molecule has 1 aliphatic heterocycles. The minimum Gasteiger partial charge on any atom is -0.478 e. The Hall–Kier alpha value is -2.66. The van der Waals surface area contributed by atoms with E-state index in [1.165, 1.54) is 52.6 Å². The molecular weight excluding hydrogens is 379 g/mol. The zero-order valence-electron chi connectivity index (χ0n) is 17.2. The average molecular weight is 407 g/mol. The lowest BCUT2D eigenvalue weighted by atomic mass is 9.91. The summed E-state index contributed by atoms with van der Waals surface area (Å²) in [5, 5.41) is 10.5. The quantitative estimate of drug-likeness (QED) is 0.553. The van der Waals surface area contributed by atoms with Crippen molar-refractivity contribution in [3.63, 3.8) is 0 Å². The van der Waals surface area contributed by atoms with E-state index >= 15 is 0 Å². The Bertz CT molecular complexity index is 1120. The van der Waals surface area contributed by atoms with Gasteiger partial charge in [0.05, 0.1) is 5.56 Å². The number of carboxylic acid groups (broad SMARTS) is 1. The third-order valence-electron chi connectivity index (χ3n) is 6.79. The summed E-state index contributed by atoms with van der Waals surface area (Å²) in [5.74, 6) is -1.20. The van der Waals surface area contributed by atoms with E-state index < -0.39 is 11.8 Å². The van der Waals surface area contributed by atoms with E-state index in [0.717, 1.165) is 37.9 Å². The van der Waals surface area contributed by atoms with Crippen molar-refractivity contribution in [1.82, 2.24) is 9.88 Å². The van der Waals surface area contributed by atoms with E-state index in [1.54, 1.807) is 6.07 Å². The molecule has 0 spiro atoms. The maximum Gasteiger partial charge on any atom is 0.338 e. The monoisotopic (exact) mass is 406 g/mol. The zero-order chi connectivity index (χ0) is 20.8. The van der Waals surface area contributed by atoms with Crippen LogP contribution in [0.25, 0.3) is 10.9 Å². The molecule has 1 saturated heterocycles. The largest absolute Gasteiger partial charge is 0.478 e. The van der Waals surface area contributed by atoms with Gasteiger partial charge in [-0.3, -0.25) is 4.90 Å². The molecule has 4 nitrogen and oxygen atoms in total. The number of hydrogen-bond acceptors (Lipinski definition) is 2. The highest BCUT2D eigenvalue weighted by molar-refractivity contribution is 5.88. The lowest BCUT2D eigenvalue weighted by molar-refractivity contribution is 0.0691. The minimum atomic E-state index is -1.22. The number of aromatic amines is 1. The molecule has 0 radical (unpaired) electrons. The summed E-state index contributed by atoms with van der Waals surface area (Å²) in [6, 6.07) is 9.27. The number of likely N-dealkylation sites (tertiary alicyclic amines) is 1. The second-order valence-corrected chi connectivity index (χ2v) is 8.83. The zero-order valence-corrected chi connectivity index (χ0v) is 17.2. The first-order valence-electron chi connectivity index (χ1n) is 10.9. The Kier molecular flexibility index (Phi) is 4.86. The Morgan fingerprint density at radius 3 is 2.77 bits per heavy atom. The second-order valence-electron chi connectivity index (χ2n) is 8.83. The van der Waals surface area contributed by atoms with E-state index in [4.69, 9.17) is 5.11 Å². The van der Waals surface area contributed by atoms with Crippen molar-refractivity contribution < 1.29 is 14.3 Å². The van der Waals surface area contributed by atoms with Crippen molar-refractivity contribution in [3.05, 3.63) is 70.2 Å². The van der Waals surface area contributed by atoms with Gasteiger partial charge in [0.25, 0.3) is 0 Å². The van der Waals surface area contributed by atoms with Crippen LogP contribution in [-0.2, 0) is 6.54 Å². The number of aryl methyl sites for hydroxylation is 1. The smallest absolute Gasteiger partial charge is 0.338 e. The molecule has 2 N–H and O–H groups in total. The fourth-order valence-electron chi connectivity index (χ4n) is 5.10. The number of nitrogens with one attached hydrogen (secondary N) is 1. The van der Waals surface area contributed by atoms with E-state index in [2.05, 4.69) is 28.9 Å². The molecule has 1 saturated carbocycles. The van der Waals surface area contributed by atoms with Crippen LogP contribution in [0.3, 0.4) is 0 Å². The summed E-state index contributed by atoms with van der Waals surface area (Å²) >= 11 is 0. The van der Waals surface area contributed by atoms with Crippen LogP contribution in [-0.4, -0.2) is 27.5 Å². The third-order valence-corrected chi connectivity index (χ3v) is 6.79. The molecule has 1 aliphatic carbocycles. The molecule has 3 aromatic rings. The van der Waals surface area contributed by atoms with Crippen LogP contribution in [0.5, 0.6) is 0 Å². The summed E-state index contributed by atoms with van der Waals surface area (Å²) in [4.78, 5) is 17.1. The second kappa shape index (κ2) is 7.55. The maximum absolute atomic E-state index is 14.4. The molecule has 0 unspecified atom stereocenters.